The summed E-state index contributed by atoms with van der Waals surface area (Å²) in [5, 5.41) is 8.92. The Bertz CT molecular complexity index is 2030. The Labute approximate surface area is 293 Å². The smallest absolute Gasteiger partial charge is 0.417 e. The van der Waals surface area contributed by atoms with Gasteiger partial charge in [0.25, 0.3) is 0 Å². The predicted octanol–water partition coefficient (Wildman–Crippen LogP) is 7.12. The zero-order valence-electron chi connectivity index (χ0n) is 29.4. The molecule has 10 heteroatoms. The number of pyridine rings is 1. The third-order valence-corrected chi connectivity index (χ3v) is 10.4. The van der Waals surface area contributed by atoms with Crippen molar-refractivity contribution in [1.82, 2.24) is 29.8 Å². The van der Waals surface area contributed by atoms with Crippen molar-refractivity contribution in [1.29, 1.82) is 0 Å². The summed E-state index contributed by atoms with van der Waals surface area (Å²) < 4.78 is 13.7. The molecular weight excluding hydrogens is 628 g/mol. The van der Waals surface area contributed by atoms with E-state index < -0.39 is 18.1 Å². The molecule has 50 heavy (non-hydrogen) atoms. The Morgan fingerprint density at radius 3 is 2.62 bits per heavy atom. The highest BCUT2D eigenvalue weighted by molar-refractivity contribution is 5.95. The van der Waals surface area contributed by atoms with Gasteiger partial charge in [-0.1, -0.05) is 73.7 Å². The van der Waals surface area contributed by atoms with E-state index >= 15 is 0 Å². The molecule has 258 valence electrons. The van der Waals surface area contributed by atoms with Crippen LogP contribution in [0.3, 0.4) is 0 Å². The maximum absolute atomic E-state index is 14.6. The SMILES string of the molecule is CCC1CN(Cc2cc([C@@H](c3ccc4c(nnn4CC)c3C)[C@@H](C)C(=O)N3C(=O)OCC3c3ccccc3)ccc2C)Cc2ncccc2O1. The number of aryl methyl sites for hydroxylation is 3. The lowest BCUT2D eigenvalue weighted by atomic mass is 9.78. The fraction of sp³-hybridized carbons (Fsp3) is 0.375. The molecule has 2 aliphatic rings. The number of hydrogen-bond acceptors (Lipinski definition) is 8. The number of nitrogens with zero attached hydrogens (tertiary/aromatic N) is 6. The number of carbonyl (C=O) groups is 2. The van der Waals surface area contributed by atoms with Crippen molar-refractivity contribution < 1.29 is 19.1 Å². The van der Waals surface area contributed by atoms with Crippen molar-refractivity contribution in [2.45, 2.75) is 78.7 Å². The molecule has 3 aromatic carbocycles. The average molecular weight is 673 g/mol. The highest BCUT2D eigenvalue weighted by atomic mass is 16.6. The number of ether oxygens (including phenoxy) is 2. The Morgan fingerprint density at radius 1 is 1.02 bits per heavy atom. The number of fused-ring (bicyclic) bond motifs is 2. The van der Waals surface area contributed by atoms with Crippen LogP contribution >= 0.6 is 0 Å². The Morgan fingerprint density at radius 2 is 1.84 bits per heavy atom. The van der Waals surface area contributed by atoms with Crippen molar-refractivity contribution in [2.24, 2.45) is 5.92 Å². The Kier molecular flexibility index (Phi) is 9.38. The molecule has 2 amide bonds. The minimum absolute atomic E-state index is 0.0537. The van der Waals surface area contributed by atoms with Gasteiger partial charge in [0.05, 0.1) is 11.2 Å². The van der Waals surface area contributed by atoms with E-state index in [-0.39, 0.29) is 24.5 Å². The van der Waals surface area contributed by atoms with E-state index in [1.807, 2.05) is 73.3 Å². The minimum Gasteiger partial charge on any atom is -0.487 e. The molecule has 0 radical (unpaired) electrons. The molecule has 0 bridgehead atoms. The van der Waals surface area contributed by atoms with Crippen LogP contribution in [0.25, 0.3) is 11.0 Å². The maximum atomic E-state index is 14.6. The standard InChI is InChI=1S/C40H44N6O4/c1-6-31-22-44(23-33-36(50-31)14-11-19-41-33)21-30-20-29(16-15-25(30)3)37(32-17-18-34-38(26(32)4)42-43-45(34)7-2)27(5)39(47)46-35(24-49-40(46)48)28-12-9-8-10-13-28/h8-20,27,31,35,37H,6-7,21-24H2,1-5H3/t27-,31?,35?,37+/m1/s1. The van der Waals surface area contributed by atoms with Gasteiger partial charge < -0.3 is 9.47 Å². The number of imide groups is 1. The summed E-state index contributed by atoms with van der Waals surface area (Å²) >= 11 is 0. The van der Waals surface area contributed by atoms with E-state index in [0.717, 1.165) is 63.3 Å². The fourth-order valence-corrected chi connectivity index (χ4v) is 7.50. The predicted molar refractivity (Wildman–Crippen MR) is 191 cm³/mol. The molecule has 10 nitrogen and oxygen atoms in total. The van der Waals surface area contributed by atoms with Gasteiger partial charge in [0.15, 0.2) is 0 Å². The van der Waals surface area contributed by atoms with Crippen LogP contribution in [-0.4, -0.2) is 61.0 Å². The van der Waals surface area contributed by atoms with E-state index in [1.165, 1.54) is 10.5 Å². The molecule has 5 aromatic rings. The van der Waals surface area contributed by atoms with Crippen molar-refractivity contribution in [2.75, 3.05) is 13.2 Å². The molecule has 2 unspecified atom stereocenters. The fourth-order valence-electron chi connectivity index (χ4n) is 7.50. The lowest BCUT2D eigenvalue weighted by molar-refractivity contribution is -0.133. The minimum atomic E-state index is -0.611. The number of cyclic esters (lactones) is 1. The van der Waals surface area contributed by atoms with Gasteiger partial charge in [0.1, 0.15) is 30.0 Å². The average Bonchev–Trinajstić information content (AvgIpc) is 3.69. The number of rotatable bonds is 9. The van der Waals surface area contributed by atoms with Crippen LogP contribution in [0.5, 0.6) is 5.75 Å². The van der Waals surface area contributed by atoms with E-state index in [4.69, 9.17) is 9.47 Å². The quantitative estimate of drug-likeness (QED) is 0.163. The first-order chi connectivity index (χ1) is 24.3. The first-order valence-corrected chi connectivity index (χ1v) is 17.6. The molecule has 0 spiro atoms. The number of hydrogen-bond donors (Lipinski definition) is 0. The number of benzene rings is 3. The topological polar surface area (TPSA) is 103 Å². The van der Waals surface area contributed by atoms with Crippen LogP contribution in [0, 0.1) is 19.8 Å². The molecule has 1 fully saturated rings. The summed E-state index contributed by atoms with van der Waals surface area (Å²) in [5.74, 6) is -0.406. The van der Waals surface area contributed by atoms with Gasteiger partial charge in [-0.05, 0) is 78.8 Å². The molecule has 4 atom stereocenters. The number of amides is 2. The van der Waals surface area contributed by atoms with Gasteiger partial charge in [-0.25, -0.2) is 14.4 Å². The van der Waals surface area contributed by atoms with Gasteiger partial charge in [-0.15, -0.1) is 5.10 Å². The molecule has 1 saturated heterocycles. The zero-order valence-corrected chi connectivity index (χ0v) is 29.4. The van der Waals surface area contributed by atoms with E-state index in [2.05, 4.69) is 65.2 Å². The van der Waals surface area contributed by atoms with Crippen LogP contribution in [0.4, 0.5) is 4.79 Å². The van der Waals surface area contributed by atoms with E-state index in [0.29, 0.717) is 19.6 Å². The molecule has 0 N–H and O–H groups in total. The van der Waals surface area contributed by atoms with Gasteiger partial charge in [-0.2, -0.15) is 0 Å². The van der Waals surface area contributed by atoms with Crippen molar-refractivity contribution >= 4 is 23.0 Å². The van der Waals surface area contributed by atoms with Crippen molar-refractivity contribution in [3.63, 3.8) is 0 Å². The molecule has 7 rings (SSSR count). The first-order valence-electron chi connectivity index (χ1n) is 17.6. The van der Waals surface area contributed by atoms with E-state index in [9.17, 15) is 9.59 Å². The normalized spacial score (nSPS) is 19.1. The molecule has 4 heterocycles. The zero-order chi connectivity index (χ0) is 34.9. The van der Waals surface area contributed by atoms with Gasteiger partial charge >= 0.3 is 6.09 Å². The highest BCUT2D eigenvalue weighted by Gasteiger charge is 2.43. The van der Waals surface area contributed by atoms with Crippen LogP contribution < -0.4 is 4.74 Å². The molecule has 0 aliphatic carbocycles. The van der Waals surface area contributed by atoms with Gasteiger partial charge in [0.2, 0.25) is 5.91 Å². The third kappa shape index (κ3) is 6.24. The second-order valence-electron chi connectivity index (χ2n) is 13.5. The van der Waals surface area contributed by atoms with Crippen molar-refractivity contribution in [3.8, 4) is 5.75 Å². The highest BCUT2D eigenvalue weighted by Crippen LogP contribution is 2.40. The third-order valence-electron chi connectivity index (χ3n) is 10.4. The molecule has 2 aromatic heterocycles. The summed E-state index contributed by atoms with van der Waals surface area (Å²) in [5.41, 5.74) is 8.83. The molecule has 2 aliphatic heterocycles. The number of carbonyl (C=O) groups excluding carboxylic acids is 2. The summed E-state index contributed by atoms with van der Waals surface area (Å²) in [6.07, 6.45) is 2.15. The molecule has 0 saturated carbocycles. The van der Waals surface area contributed by atoms with Crippen LogP contribution in [0.2, 0.25) is 0 Å². The second kappa shape index (κ2) is 14.0. The summed E-state index contributed by atoms with van der Waals surface area (Å²) in [4.78, 5) is 36.2. The van der Waals surface area contributed by atoms with Crippen LogP contribution in [-0.2, 0) is 29.2 Å². The second-order valence-corrected chi connectivity index (χ2v) is 13.5. The van der Waals surface area contributed by atoms with Crippen LogP contribution in [0.15, 0.2) is 79.0 Å². The Hall–Kier alpha value is -5.09. The van der Waals surface area contributed by atoms with Crippen molar-refractivity contribution in [3.05, 3.63) is 118 Å². The van der Waals surface area contributed by atoms with E-state index in [1.54, 1.807) is 0 Å². The maximum Gasteiger partial charge on any atom is 0.417 e. The lowest BCUT2D eigenvalue weighted by Gasteiger charge is -2.31. The first kappa shape index (κ1) is 33.4. The summed E-state index contributed by atoms with van der Waals surface area (Å²) in [6.45, 7) is 13.3. The number of aromatic nitrogens is 4. The van der Waals surface area contributed by atoms with Gasteiger partial charge in [0, 0.05) is 44.2 Å². The Balaban J connectivity index is 1.29. The summed E-state index contributed by atoms with van der Waals surface area (Å²) in [7, 11) is 0. The lowest BCUT2D eigenvalue weighted by Crippen LogP contribution is -2.40. The molecular formula is C40H44N6O4. The largest absolute Gasteiger partial charge is 0.487 e. The summed E-state index contributed by atoms with van der Waals surface area (Å²) in [6, 6.07) is 23.7. The monoisotopic (exact) mass is 672 g/mol. The van der Waals surface area contributed by atoms with Gasteiger partial charge in [-0.3, -0.25) is 14.7 Å². The van der Waals surface area contributed by atoms with Crippen LogP contribution in [0.1, 0.15) is 78.2 Å².